The first-order valence-electron chi connectivity index (χ1n) is 8.66. The van der Waals surface area contributed by atoms with E-state index in [1.54, 1.807) is 0 Å². The van der Waals surface area contributed by atoms with E-state index in [9.17, 15) is 0 Å². The van der Waals surface area contributed by atoms with Gasteiger partial charge in [0.15, 0.2) is 5.65 Å². The fraction of sp³-hybridized carbons (Fsp3) is 0.647. The van der Waals surface area contributed by atoms with Crippen LogP contribution >= 0.6 is 0 Å². The molecule has 0 aromatic carbocycles. The molecule has 5 nitrogen and oxygen atoms in total. The van der Waals surface area contributed by atoms with Crippen LogP contribution in [0.15, 0.2) is 18.3 Å². The Kier molecular flexibility index (Phi) is 4.08. The van der Waals surface area contributed by atoms with Crippen molar-refractivity contribution in [3.8, 4) is 0 Å². The summed E-state index contributed by atoms with van der Waals surface area (Å²) in [5, 5.41) is 3.59. The molecule has 0 radical (unpaired) electrons. The van der Waals surface area contributed by atoms with E-state index in [-0.39, 0.29) is 0 Å². The summed E-state index contributed by atoms with van der Waals surface area (Å²) in [5.74, 6) is 1.20. The molecule has 2 aromatic rings. The van der Waals surface area contributed by atoms with E-state index in [0.717, 1.165) is 37.2 Å². The summed E-state index contributed by atoms with van der Waals surface area (Å²) in [6.07, 6.45) is 8.16. The van der Waals surface area contributed by atoms with Gasteiger partial charge in [0.1, 0.15) is 11.3 Å². The molecule has 1 unspecified atom stereocenters. The zero-order chi connectivity index (χ0) is 14.8. The van der Waals surface area contributed by atoms with Gasteiger partial charge in [-0.15, -0.1) is 0 Å². The van der Waals surface area contributed by atoms with Gasteiger partial charge >= 0.3 is 0 Å². The maximum atomic E-state index is 4.86. The molecular formula is C17H25N5. The second kappa shape index (κ2) is 6.34. The molecule has 0 spiro atoms. The van der Waals surface area contributed by atoms with Crippen LogP contribution in [0, 0.1) is 0 Å². The van der Waals surface area contributed by atoms with E-state index in [4.69, 9.17) is 4.98 Å². The third kappa shape index (κ3) is 2.88. The molecule has 4 rings (SSSR count). The molecule has 0 aliphatic carbocycles. The minimum absolute atomic E-state index is 0.586. The molecule has 1 N–H and O–H groups in total. The molecule has 2 aliphatic heterocycles. The van der Waals surface area contributed by atoms with Crippen LogP contribution in [0.3, 0.4) is 0 Å². The Morgan fingerprint density at radius 3 is 2.91 bits per heavy atom. The number of rotatable bonds is 5. The van der Waals surface area contributed by atoms with Crippen molar-refractivity contribution in [3.63, 3.8) is 0 Å². The van der Waals surface area contributed by atoms with Crippen LogP contribution in [-0.4, -0.2) is 51.7 Å². The molecule has 1 atom stereocenters. The summed E-state index contributed by atoms with van der Waals surface area (Å²) in [4.78, 5) is 12.0. The minimum atomic E-state index is 0.586. The maximum Gasteiger partial charge on any atom is 0.160 e. The number of nitrogens with one attached hydrogen (secondary N) is 1. The number of aromatic nitrogens is 3. The van der Waals surface area contributed by atoms with Crippen molar-refractivity contribution >= 4 is 11.2 Å². The number of imidazole rings is 1. The van der Waals surface area contributed by atoms with Crippen molar-refractivity contribution in [1.29, 1.82) is 0 Å². The van der Waals surface area contributed by atoms with Crippen molar-refractivity contribution in [1.82, 2.24) is 24.8 Å². The Bertz CT molecular complexity index is 623. The van der Waals surface area contributed by atoms with E-state index < -0.39 is 0 Å². The highest BCUT2D eigenvalue weighted by Gasteiger charge is 2.20. The lowest BCUT2D eigenvalue weighted by Gasteiger charge is -2.17. The summed E-state index contributed by atoms with van der Waals surface area (Å²) >= 11 is 0. The van der Waals surface area contributed by atoms with Crippen molar-refractivity contribution in [2.75, 3.05) is 26.2 Å². The molecule has 2 saturated heterocycles. The topological polar surface area (TPSA) is 46.0 Å². The van der Waals surface area contributed by atoms with Gasteiger partial charge in [0.25, 0.3) is 0 Å². The molecule has 2 aromatic heterocycles. The van der Waals surface area contributed by atoms with Crippen molar-refractivity contribution < 1.29 is 0 Å². The number of nitrogens with zero attached hydrogens (tertiary/aromatic N) is 4. The zero-order valence-corrected chi connectivity index (χ0v) is 13.2. The van der Waals surface area contributed by atoms with Crippen LogP contribution in [0.25, 0.3) is 11.2 Å². The molecule has 2 aliphatic rings. The number of hydrogen-bond donors (Lipinski definition) is 1. The summed E-state index contributed by atoms with van der Waals surface area (Å²) in [5.41, 5.74) is 2.09. The van der Waals surface area contributed by atoms with E-state index in [1.807, 2.05) is 12.3 Å². The molecule has 5 heteroatoms. The normalized spacial score (nSPS) is 22.8. The van der Waals surface area contributed by atoms with Gasteiger partial charge in [-0.25, -0.2) is 9.97 Å². The predicted molar refractivity (Wildman–Crippen MR) is 87.9 cm³/mol. The fourth-order valence-electron chi connectivity index (χ4n) is 3.80. The Labute approximate surface area is 131 Å². The third-order valence-electron chi connectivity index (χ3n) is 5.01. The first-order valence-corrected chi connectivity index (χ1v) is 8.66. The largest absolute Gasteiger partial charge is 0.314 e. The Morgan fingerprint density at radius 2 is 2.09 bits per heavy atom. The second-order valence-corrected chi connectivity index (χ2v) is 6.57. The van der Waals surface area contributed by atoms with Crippen molar-refractivity contribution in [2.45, 2.75) is 44.7 Å². The highest BCUT2D eigenvalue weighted by molar-refractivity contribution is 5.71. The Hall–Kier alpha value is -1.46. The molecular weight excluding hydrogens is 274 g/mol. The predicted octanol–water partition coefficient (Wildman–Crippen LogP) is 1.82. The van der Waals surface area contributed by atoms with Crippen LogP contribution in [0.1, 0.15) is 31.5 Å². The van der Waals surface area contributed by atoms with Gasteiger partial charge in [0, 0.05) is 31.7 Å². The van der Waals surface area contributed by atoms with Gasteiger partial charge < -0.3 is 14.8 Å². The number of hydrogen-bond acceptors (Lipinski definition) is 4. The third-order valence-corrected chi connectivity index (χ3v) is 5.01. The van der Waals surface area contributed by atoms with Crippen LogP contribution < -0.4 is 5.32 Å². The van der Waals surface area contributed by atoms with E-state index in [0.29, 0.717) is 6.04 Å². The van der Waals surface area contributed by atoms with E-state index in [1.165, 1.54) is 44.6 Å². The van der Waals surface area contributed by atoms with Gasteiger partial charge in [-0.05, 0) is 57.5 Å². The zero-order valence-electron chi connectivity index (χ0n) is 13.2. The van der Waals surface area contributed by atoms with Gasteiger partial charge in [-0.1, -0.05) is 0 Å². The lowest BCUT2D eigenvalue weighted by molar-refractivity contribution is 0.321. The van der Waals surface area contributed by atoms with Gasteiger partial charge in [-0.3, -0.25) is 0 Å². The minimum Gasteiger partial charge on any atom is -0.314 e. The molecule has 0 saturated carbocycles. The monoisotopic (exact) mass is 299 g/mol. The molecule has 2 fully saturated rings. The van der Waals surface area contributed by atoms with Crippen molar-refractivity contribution in [2.24, 2.45) is 0 Å². The number of fused-ring (bicyclic) bond motifs is 1. The summed E-state index contributed by atoms with van der Waals surface area (Å²) in [7, 11) is 0. The average Bonchev–Trinajstić information content (AvgIpc) is 3.27. The van der Waals surface area contributed by atoms with E-state index in [2.05, 4.69) is 25.8 Å². The molecule has 0 bridgehead atoms. The number of likely N-dealkylation sites (tertiary alicyclic amines) is 1. The van der Waals surface area contributed by atoms with E-state index >= 15 is 0 Å². The smallest absolute Gasteiger partial charge is 0.160 e. The average molecular weight is 299 g/mol. The Morgan fingerprint density at radius 1 is 1.18 bits per heavy atom. The van der Waals surface area contributed by atoms with Gasteiger partial charge in [0.05, 0.1) is 0 Å². The van der Waals surface area contributed by atoms with Gasteiger partial charge in [-0.2, -0.15) is 0 Å². The quantitative estimate of drug-likeness (QED) is 0.915. The molecule has 118 valence electrons. The number of pyridine rings is 1. The summed E-state index contributed by atoms with van der Waals surface area (Å²) in [6, 6.07) is 4.65. The maximum absolute atomic E-state index is 4.86. The van der Waals surface area contributed by atoms with Crippen LogP contribution in [0.5, 0.6) is 0 Å². The molecule has 0 amide bonds. The molecule has 4 heterocycles. The Balaban J connectivity index is 1.57. The first-order chi connectivity index (χ1) is 10.9. The lowest BCUT2D eigenvalue weighted by atomic mass is 10.1. The van der Waals surface area contributed by atoms with Gasteiger partial charge in [0.2, 0.25) is 0 Å². The van der Waals surface area contributed by atoms with Crippen LogP contribution in [0.4, 0.5) is 0 Å². The molecule has 22 heavy (non-hydrogen) atoms. The first kappa shape index (κ1) is 14.2. The van der Waals surface area contributed by atoms with Crippen LogP contribution in [0.2, 0.25) is 0 Å². The standard InChI is InChI=1S/C17H25N5/c1-2-10-21(9-1)11-12-22-16(13-14-5-3-7-18-14)20-15-6-4-8-19-17(15)22/h4,6,8,14,18H,1-3,5,7,9-13H2. The SMILES string of the molecule is c1cnc2c(c1)nc(CC1CCCN1)n2CCN1CCCC1. The summed E-state index contributed by atoms with van der Waals surface area (Å²) in [6.45, 7) is 5.78. The fourth-order valence-corrected chi connectivity index (χ4v) is 3.80. The highest BCUT2D eigenvalue weighted by atomic mass is 15.2. The van der Waals surface area contributed by atoms with Crippen LogP contribution in [-0.2, 0) is 13.0 Å². The highest BCUT2D eigenvalue weighted by Crippen LogP contribution is 2.18. The second-order valence-electron chi connectivity index (χ2n) is 6.57. The lowest BCUT2D eigenvalue weighted by Crippen LogP contribution is -2.28. The summed E-state index contributed by atoms with van der Waals surface area (Å²) < 4.78 is 2.35. The van der Waals surface area contributed by atoms with Crippen molar-refractivity contribution in [3.05, 3.63) is 24.2 Å².